The van der Waals surface area contributed by atoms with Crippen LogP contribution in [-0.2, 0) is 25.7 Å². The zero-order chi connectivity index (χ0) is 16.4. The number of rotatable bonds is 9. The molecule has 0 fully saturated rings. The second kappa shape index (κ2) is 10.5. The molecule has 0 aliphatic rings. The fourth-order valence-electron chi connectivity index (χ4n) is 1.66. The van der Waals surface area contributed by atoms with Crippen molar-refractivity contribution in [3.63, 3.8) is 0 Å². The van der Waals surface area contributed by atoms with Gasteiger partial charge in [-0.15, -0.1) is 0 Å². The molecule has 0 heterocycles. The lowest BCUT2D eigenvalue weighted by Crippen LogP contribution is -2.08. The second-order valence-electron chi connectivity index (χ2n) is 4.82. The molecule has 6 heteroatoms. The highest BCUT2D eigenvalue weighted by Crippen LogP contribution is 2.21. The quantitative estimate of drug-likeness (QED) is 0.486. The minimum absolute atomic E-state index is 0.0686. The Morgan fingerprint density at radius 2 is 1.73 bits per heavy atom. The first kappa shape index (κ1) is 18.8. The van der Waals surface area contributed by atoms with Crippen molar-refractivity contribution in [3.8, 4) is 0 Å². The van der Waals surface area contributed by atoms with E-state index < -0.39 is 0 Å². The Hall–Kier alpha value is -1.26. The summed E-state index contributed by atoms with van der Waals surface area (Å²) in [4.78, 5) is 23.0. The van der Waals surface area contributed by atoms with E-state index in [1.807, 2.05) is 6.92 Å². The fraction of sp³-hybridized carbons (Fsp3) is 0.500. The lowest BCUT2D eigenvalue weighted by atomic mass is 10.2. The molecule has 1 aromatic rings. The van der Waals surface area contributed by atoms with Crippen molar-refractivity contribution in [2.75, 3.05) is 6.61 Å². The monoisotopic (exact) mass is 346 g/mol. The van der Waals surface area contributed by atoms with Crippen LogP contribution in [0.5, 0.6) is 0 Å². The van der Waals surface area contributed by atoms with Crippen LogP contribution in [-0.4, -0.2) is 18.5 Å². The first-order chi connectivity index (χ1) is 10.5. The van der Waals surface area contributed by atoms with Gasteiger partial charge in [0.2, 0.25) is 0 Å². The van der Waals surface area contributed by atoms with Crippen molar-refractivity contribution in [3.05, 3.63) is 33.8 Å². The molecule has 0 saturated carbocycles. The summed E-state index contributed by atoms with van der Waals surface area (Å²) in [5.41, 5.74) is 0.654. The van der Waals surface area contributed by atoms with Gasteiger partial charge in [0.1, 0.15) is 6.61 Å². The summed E-state index contributed by atoms with van der Waals surface area (Å²) in [6.07, 6.45) is 2.63. The second-order valence-corrected chi connectivity index (χ2v) is 5.67. The lowest BCUT2D eigenvalue weighted by Gasteiger charge is -2.07. The number of hydrogen-bond donors (Lipinski definition) is 0. The van der Waals surface area contributed by atoms with Gasteiger partial charge < -0.3 is 9.47 Å². The van der Waals surface area contributed by atoms with Crippen LogP contribution >= 0.6 is 23.2 Å². The lowest BCUT2D eigenvalue weighted by molar-refractivity contribution is -0.146. The molecule has 22 heavy (non-hydrogen) atoms. The molecule has 0 atom stereocenters. The summed E-state index contributed by atoms with van der Waals surface area (Å²) in [5, 5.41) is 1.03. The number of unbranched alkanes of at least 4 members (excludes halogenated alkanes) is 1. The zero-order valence-corrected chi connectivity index (χ0v) is 14.1. The molecule has 0 radical (unpaired) electrons. The van der Waals surface area contributed by atoms with Crippen LogP contribution in [0.4, 0.5) is 0 Å². The maximum atomic E-state index is 11.6. The summed E-state index contributed by atoms with van der Waals surface area (Å²) >= 11 is 11.8. The molecule has 0 aliphatic heterocycles. The van der Waals surface area contributed by atoms with Crippen molar-refractivity contribution in [2.45, 2.75) is 45.6 Å². The molecule has 0 N–H and O–H groups in total. The molecular weight excluding hydrogens is 327 g/mol. The van der Waals surface area contributed by atoms with Crippen LogP contribution < -0.4 is 0 Å². The smallest absolute Gasteiger partial charge is 0.306 e. The molecule has 0 unspecified atom stereocenters. The number of halogens is 2. The first-order valence-corrected chi connectivity index (χ1v) is 8.03. The van der Waals surface area contributed by atoms with E-state index in [0.29, 0.717) is 28.6 Å². The molecule has 0 bridgehead atoms. The summed E-state index contributed by atoms with van der Waals surface area (Å²) in [5.74, 6) is -0.656. The van der Waals surface area contributed by atoms with Crippen LogP contribution in [0.25, 0.3) is 0 Å². The Morgan fingerprint density at radius 3 is 2.41 bits per heavy atom. The third-order valence-electron chi connectivity index (χ3n) is 2.92. The predicted octanol–water partition coefficient (Wildman–Crippen LogP) is 4.55. The molecule has 0 aliphatic carbocycles. The van der Waals surface area contributed by atoms with Gasteiger partial charge in [0.05, 0.1) is 6.61 Å². The van der Waals surface area contributed by atoms with E-state index in [1.165, 1.54) is 0 Å². The normalized spacial score (nSPS) is 10.3. The predicted molar refractivity (Wildman–Crippen MR) is 86.0 cm³/mol. The molecule has 0 saturated heterocycles. The van der Waals surface area contributed by atoms with Gasteiger partial charge in [-0.2, -0.15) is 0 Å². The SMILES string of the molecule is CCCCOC(=O)CCCC(=O)OCc1cc(Cl)ccc1Cl. The molecular formula is C16H20Cl2O4. The van der Waals surface area contributed by atoms with Crippen molar-refractivity contribution >= 4 is 35.1 Å². The highest BCUT2D eigenvalue weighted by molar-refractivity contribution is 6.33. The van der Waals surface area contributed by atoms with Crippen LogP contribution in [0, 0.1) is 0 Å². The number of carbonyl (C=O) groups is 2. The minimum atomic E-state index is -0.377. The maximum absolute atomic E-state index is 11.6. The summed E-state index contributed by atoms with van der Waals surface area (Å²) < 4.78 is 10.1. The standard InChI is InChI=1S/C16H20Cl2O4/c1-2-3-9-21-15(19)5-4-6-16(20)22-11-12-10-13(17)7-8-14(12)18/h7-8,10H,2-6,9,11H2,1H3. The topological polar surface area (TPSA) is 52.6 Å². The van der Waals surface area contributed by atoms with E-state index in [2.05, 4.69) is 0 Å². The number of ether oxygens (including phenoxy) is 2. The van der Waals surface area contributed by atoms with Gasteiger partial charge in [0.15, 0.2) is 0 Å². The average Bonchev–Trinajstić information content (AvgIpc) is 2.48. The van der Waals surface area contributed by atoms with Gasteiger partial charge in [0, 0.05) is 28.5 Å². The third kappa shape index (κ3) is 7.66. The van der Waals surface area contributed by atoms with Gasteiger partial charge in [-0.3, -0.25) is 9.59 Å². The van der Waals surface area contributed by atoms with Gasteiger partial charge in [-0.1, -0.05) is 36.5 Å². The summed E-state index contributed by atoms with van der Waals surface area (Å²) in [6.45, 7) is 2.53. The van der Waals surface area contributed by atoms with Crippen LogP contribution in [0.2, 0.25) is 10.0 Å². The van der Waals surface area contributed by atoms with E-state index in [9.17, 15) is 9.59 Å². The van der Waals surface area contributed by atoms with E-state index in [1.54, 1.807) is 18.2 Å². The molecule has 4 nitrogen and oxygen atoms in total. The molecule has 0 spiro atoms. The first-order valence-electron chi connectivity index (χ1n) is 7.28. The Kier molecular flexibility index (Phi) is 8.94. The third-order valence-corrected chi connectivity index (χ3v) is 3.52. The highest BCUT2D eigenvalue weighted by atomic mass is 35.5. The Morgan fingerprint density at radius 1 is 1.05 bits per heavy atom. The summed E-state index contributed by atoms with van der Waals surface area (Å²) in [6, 6.07) is 4.97. The van der Waals surface area contributed by atoms with Crippen molar-refractivity contribution in [1.29, 1.82) is 0 Å². The molecule has 0 aromatic heterocycles. The highest BCUT2D eigenvalue weighted by Gasteiger charge is 2.09. The zero-order valence-electron chi connectivity index (χ0n) is 12.6. The fourth-order valence-corrected chi connectivity index (χ4v) is 2.03. The largest absolute Gasteiger partial charge is 0.466 e. The maximum Gasteiger partial charge on any atom is 0.306 e. The Balaban J connectivity index is 2.21. The van der Waals surface area contributed by atoms with E-state index >= 15 is 0 Å². The Labute approximate surface area is 140 Å². The number of carbonyl (C=O) groups excluding carboxylic acids is 2. The van der Waals surface area contributed by atoms with Crippen molar-refractivity contribution in [1.82, 2.24) is 0 Å². The van der Waals surface area contributed by atoms with Gasteiger partial charge in [-0.25, -0.2) is 0 Å². The molecule has 122 valence electrons. The molecule has 1 rings (SSSR count). The molecule has 1 aromatic carbocycles. The van der Waals surface area contributed by atoms with E-state index in [4.69, 9.17) is 32.7 Å². The van der Waals surface area contributed by atoms with Crippen LogP contribution in [0.3, 0.4) is 0 Å². The van der Waals surface area contributed by atoms with E-state index in [-0.39, 0.29) is 31.4 Å². The summed E-state index contributed by atoms with van der Waals surface area (Å²) in [7, 11) is 0. The van der Waals surface area contributed by atoms with Crippen LogP contribution in [0.15, 0.2) is 18.2 Å². The molecule has 0 amide bonds. The van der Waals surface area contributed by atoms with Crippen LogP contribution in [0.1, 0.15) is 44.6 Å². The van der Waals surface area contributed by atoms with Gasteiger partial charge in [-0.05, 0) is 31.0 Å². The minimum Gasteiger partial charge on any atom is -0.466 e. The van der Waals surface area contributed by atoms with Gasteiger partial charge >= 0.3 is 11.9 Å². The Bertz CT molecular complexity index is 503. The van der Waals surface area contributed by atoms with E-state index in [0.717, 1.165) is 12.8 Å². The van der Waals surface area contributed by atoms with Crippen molar-refractivity contribution in [2.24, 2.45) is 0 Å². The number of benzene rings is 1. The number of esters is 2. The van der Waals surface area contributed by atoms with Crippen molar-refractivity contribution < 1.29 is 19.1 Å². The average molecular weight is 347 g/mol. The number of hydrogen-bond acceptors (Lipinski definition) is 4. The van der Waals surface area contributed by atoms with Gasteiger partial charge in [0.25, 0.3) is 0 Å².